The van der Waals surface area contributed by atoms with Crippen LogP contribution >= 0.6 is 0 Å². The van der Waals surface area contributed by atoms with Crippen LogP contribution in [-0.2, 0) is 16.0 Å². The molecular weight excluding hydrogens is 347 g/mol. The van der Waals surface area contributed by atoms with E-state index in [1.807, 2.05) is 17.0 Å². The maximum atomic E-state index is 13.0. The van der Waals surface area contributed by atoms with E-state index in [0.717, 1.165) is 24.3 Å². The second-order valence-electron chi connectivity index (χ2n) is 6.44. The third-order valence-electron chi connectivity index (χ3n) is 4.64. The second-order valence-corrected chi connectivity index (χ2v) is 6.44. The molecule has 6 heteroatoms. The maximum absolute atomic E-state index is 13.0. The first kappa shape index (κ1) is 18.9. The van der Waals surface area contributed by atoms with E-state index in [1.54, 1.807) is 31.2 Å². The molecule has 0 radical (unpaired) electrons. The van der Waals surface area contributed by atoms with Gasteiger partial charge in [0.1, 0.15) is 5.82 Å². The van der Waals surface area contributed by atoms with Crippen molar-refractivity contribution in [2.45, 2.75) is 13.3 Å². The minimum atomic E-state index is -0.319. The molecule has 0 N–H and O–H groups in total. The SMILES string of the molecule is CCOC(=O)c1ccc(N2CCN(C(=O)Cc3ccc(F)cc3)CC2)cc1. The highest BCUT2D eigenvalue weighted by atomic mass is 19.1. The molecular formula is C21H23FN2O3. The average Bonchev–Trinajstić information content (AvgIpc) is 2.70. The van der Waals surface area contributed by atoms with Gasteiger partial charge in [0.05, 0.1) is 18.6 Å². The predicted molar refractivity (Wildman–Crippen MR) is 101 cm³/mol. The standard InChI is InChI=1S/C21H23FN2O3/c1-2-27-21(26)17-5-9-19(10-6-17)23-11-13-24(14-12-23)20(25)15-16-3-7-18(22)8-4-16/h3-10H,2,11-15H2,1H3. The number of carbonyl (C=O) groups excluding carboxylic acids is 2. The zero-order chi connectivity index (χ0) is 19.2. The smallest absolute Gasteiger partial charge is 0.338 e. The van der Waals surface area contributed by atoms with Gasteiger partial charge in [-0.2, -0.15) is 0 Å². The molecule has 1 amide bonds. The molecule has 1 saturated heterocycles. The number of hydrogen-bond donors (Lipinski definition) is 0. The number of esters is 1. The zero-order valence-electron chi connectivity index (χ0n) is 15.4. The van der Waals surface area contributed by atoms with E-state index in [4.69, 9.17) is 4.74 Å². The van der Waals surface area contributed by atoms with Crippen LogP contribution in [-0.4, -0.2) is 49.6 Å². The Morgan fingerprint density at radius 1 is 0.963 bits per heavy atom. The van der Waals surface area contributed by atoms with Crippen LogP contribution in [0.15, 0.2) is 48.5 Å². The van der Waals surface area contributed by atoms with Gasteiger partial charge < -0.3 is 14.5 Å². The highest BCUT2D eigenvalue weighted by Crippen LogP contribution is 2.18. The lowest BCUT2D eigenvalue weighted by atomic mass is 10.1. The lowest BCUT2D eigenvalue weighted by Gasteiger charge is -2.36. The number of benzene rings is 2. The lowest BCUT2D eigenvalue weighted by molar-refractivity contribution is -0.130. The van der Waals surface area contributed by atoms with Gasteiger partial charge in [-0.25, -0.2) is 9.18 Å². The van der Waals surface area contributed by atoms with Crippen molar-refractivity contribution >= 4 is 17.6 Å². The van der Waals surface area contributed by atoms with Crippen molar-refractivity contribution in [3.8, 4) is 0 Å². The number of carbonyl (C=O) groups is 2. The van der Waals surface area contributed by atoms with Crippen LogP contribution in [0, 0.1) is 5.82 Å². The van der Waals surface area contributed by atoms with Gasteiger partial charge in [0.25, 0.3) is 0 Å². The van der Waals surface area contributed by atoms with Crippen LogP contribution in [0.4, 0.5) is 10.1 Å². The molecule has 5 nitrogen and oxygen atoms in total. The number of nitrogens with zero attached hydrogens (tertiary/aromatic N) is 2. The van der Waals surface area contributed by atoms with Crippen molar-refractivity contribution in [2.75, 3.05) is 37.7 Å². The molecule has 0 atom stereocenters. The molecule has 0 spiro atoms. The Balaban J connectivity index is 1.53. The normalized spacial score (nSPS) is 14.1. The molecule has 0 unspecified atom stereocenters. The van der Waals surface area contributed by atoms with E-state index in [0.29, 0.717) is 25.3 Å². The molecule has 1 heterocycles. The Morgan fingerprint density at radius 3 is 2.19 bits per heavy atom. The van der Waals surface area contributed by atoms with Crippen LogP contribution in [0.25, 0.3) is 0 Å². The number of piperazine rings is 1. The minimum Gasteiger partial charge on any atom is -0.462 e. The summed E-state index contributed by atoms with van der Waals surface area (Å²) in [5, 5.41) is 0. The molecule has 0 saturated carbocycles. The summed E-state index contributed by atoms with van der Waals surface area (Å²) < 4.78 is 18.0. The van der Waals surface area contributed by atoms with Crippen molar-refractivity contribution in [2.24, 2.45) is 0 Å². The zero-order valence-corrected chi connectivity index (χ0v) is 15.4. The summed E-state index contributed by atoms with van der Waals surface area (Å²) in [5.74, 6) is -0.562. The monoisotopic (exact) mass is 370 g/mol. The first-order valence-electron chi connectivity index (χ1n) is 9.11. The summed E-state index contributed by atoms with van der Waals surface area (Å²) in [5.41, 5.74) is 2.38. The lowest BCUT2D eigenvalue weighted by Crippen LogP contribution is -2.49. The quantitative estimate of drug-likeness (QED) is 0.760. The molecule has 1 fully saturated rings. The van der Waals surface area contributed by atoms with Gasteiger partial charge in [-0.1, -0.05) is 12.1 Å². The Hall–Kier alpha value is -2.89. The van der Waals surface area contributed by atoms with Crippen molar-refractivity contribution in [1.82, 2.24) is 4.90 Å². The summed E-state index contributed by atoms with van der Waals surface area (Å²) in [6.45, 7) is 4.87. The number of halogens is 1. The van der Waals surface area contributed by atoms with E-state index in [2.05, 4.69) is 4.90 Å². The fraction of sp³-hybridized carbons (Fsp3) is 0.333. The summed E-state index contributed by atoms with van der Waals surface area (Å²) in [4.78, 5) is 28.2. The van der Waals surface area contributed by atoms with Gasteiger partial charge in [-0.3, -0.25) is 4.79 Å². The summed E-state index contributed by atoms with van der Waals surface area (Å²) >= 11 is 0. The molecule has 3 rings (SSSR count). The maximum Gasteiger partial charge on any atom is 0.338 e. The van der Waals surface area contributed by atoms with Crippen molar-refractivity contribution in [3.63, 3.8) is 0 Å². The number of hydrogen-bond acceptors (Lipinski definition) is 4. The van der Waals surface area contributed by atoms with E-state index < -0.39 is 0 Å². The van der Waals surface area contributed by atoms with Crippen LogP contribution in [0.1, 0.15) is 22.8 Å². The minimum absolute atomic E-state index is 0.0546. The molecule has 2 aromatic rings. The molecule has 1 aliphatic heterocycles. The van der Waals surface area contributed by atoms with Gasteiger partial charge in [0.2, 0.25) is 5.91 Å². The fourth-order valence-corrected chi connectivity index (χ4v) is 3.13. The first-order chi connectivity index (χ1) is 13.1. The highest BCUT2D eigenvalue weighted by Gasteiger charge is 2.21. The van der Waals surface area contributed by atoms with Crippen LogP contribution in [0.2, 0.25) is 0 Å². The van der Waals surface area contributed by atoms with Gasteiger partial charge in [-0.15, -0.1) is 0 Å². The van der Waals surface area contributed by atoms with Crippen molar-refractivity contribution < 1.29 is 18.7 Å². The van der Waals surface area contributed by atoms with Gasteiger partial charge in [0.15, 0.2) is 0 Å². The van der Waals surface area contributed by atoms with E-state index in [-0.39, 0.29) is 24.1 Å². The van der Waals surface area contributed by atoms with Gasteiger partial charge >= 0.3 is 5.97 Å². The summed E-state index contributed by atoms with van der Waals surface area (Å²) in [6, 6.07) is 13.4. The predicted octanol–water partition coefficient (Wildman–Crippen LogP) is 2.89. The van der Waals surface area contributed by atoms with Crippen LogP contribution < -0.4 is 4.90 Å². The van der Waals surface area contributed by atoms with E-state index in [1.165, 1.54) is 12.1 Å². The fourth-order valence-electron chi connectivity index (χ4n) is 3.13. The van der Waals surface area contributed by atoms with Gasteiger partial charge in [-0.05, 0) is 48.9 Å². The molecule has 27 heavy (non-hydrogen) atoms. The van der Waals surface area contributed by atoms with Gasteiger partial charge in [0, 0.05) is 31.9 Å². The number of rotatable bonds is 5. The summed E-state index contributed by atoms with van der Waals surface area (Å²) in [7, 11) is 0. The molecule has 0 aromatic heterocycles. The Morgan fingerprint density at radius 2 is 1.59 bits per heavy atom. The van der Waals surface area contributed by atoms with Crippen LogP contribution in [0.5, 0.6) is 0 Å². The molecule has 0 bridgehead atoms. The third-order valence-corrected chi connectivity index (χ3v) is 4.64. The Kier molecular flexibility index (Phi) is 6.06. The number of anilines is 1. The molecule has 142 valence electrons. The largest absolute Gasteiger partial charge is 0.462 e. The third kappa shape index (κ3) is 4.84. The highest BCUT2D eigenvalue weighted by molar-refractivity contribution is 5.89. The van der Waals surface area contributed by atoms with E-state index >= 15 is 0 Å². The number of ether oxygens (including phenoxy) is 1. The topological polar surface area (TPSA) is 49.9 Å². The average molecular weight is 370 g/mol. The second kappa shape index (κ2) is 8.66. The Bertz CT molecular complexity index is 782. The van der Waals surface area contributed by atoms with Crippen molar-refractivity contribution in [3.05, 3.63) is 65.5 Å². The molecule has 0 aliphatic carbocycles. The Labute approximate surface area is 158 Å². The molecule has 2 aromatic carbocycles. The van der Waals surface area contributed by atoms with Crippen LogP contribution in [0.3, 0.4) is 0 Å². The van der Waals surface area contributed by atoms with E-state index in [9.17, 15) is 14.0 Å². The first-order valence-corrected chi connectivity index (χ1v) is 9.11. The summed E-state index contributed by atoms with van der Waals surface area (Å²) in [6.07, 6.45) is 0.286. The van der Waals surface area contributed by atoms with Crippen molar-refractivity contribution in [1.29, 1.82) is 0 Å². The molecule has 1 aliphatic rings. The number of amides is 1.